The van der Waals surface area contributed by atoms with Crippen LogP contribution < -0.4 is 15.1 Å². The average molecular weight is 369 g/mol. The molecule has 1 aromatic heterocycles. The zero-order chi connectivity index (χ0) is 18.6. The number of benzene rings is 1. The fourth-order valence-electron chi connectivity index (χ4n) is 3.44. The Kier molecular flexibility index (Phi) is 5.40. The van der Waals surface area contributed by atoms with Crippen LogP contribution in [0.5, 0.6) is 0 Å². The van der Waals surface area contributed by atoms with Gasteiger partial charge in [-0.05, 0) is 18.6 Å². The van der Waals surface area contributed by atoms with Crippen LogP contribution in [-0.2, 0) is 4.74 Å². The van der Waals surface area contributed by atoms with Crippen LogP contribution in [0, 0.1) is 0 Å². The quantitative estimate of drug-likeness (QED) is 0.770. The molecule has 144 valence electrons. The van der Waals surface area contributed by atoms with Crippen LogP contribution in [0.15, 0.2) is 36.4 Å². The Balaban J connectivity index is 1.42. The first-order valence-electron chi connectivity index (χ1n) is 9.59. The summed E-state index contributed by atoms with van der Waals surface area (Å²) in [4.78, 5) is 13.6. The number of aliphatic hydroxyl groups excluding tert-OH is 1. The standard InChI is InChI=1S/C20H27N5O2/c1-24(16-5-3-2-4-6-16)9-8-21-19-11-18(15-7-10-27-14-15)22-20(23-19)25-12-17(26)13-25/h2-6,11,15,17,26H,7-10,12-14H2,1H3,(H,21,22,23). The summed E-state index contributed by atoms with van der Waals surface area (Å²) in [5.41, 5.74) is 2.22. The second-order valence-electron chi connectivity index (χ2n) is 7.28. The number of rotatable bonds is 7. The molecule has 2 aromatic rings. The first kappa shape index (κ1) is 18.0. The summed E-state index contributed by atoms with van der Waals surface area (Å²) in [5.74, 6) is 1.86. The normalized spacial score (nSPS) is 19.8. The molecule has 1 unspecified atom stereocenters. The minimum atomic E-state index is -0.275. The first-order valence-corrected chi connectivity index (χ1v) is 9.59. The number of aromatic nitrogens is 2. The van der Waals surface area contributed by atoms with Crippen molar-refractivity contribution in [2.24, 2.45) is 0 Å². The van der Waals surface area contributed by atoms with E-state index in [0.717, 1.165) is 44.2 Å². The highest BCUT2D eigenvalue weighted by Gasteiger charge is 2.28. The van der Waals surface area contributed by atoms with E-state index in [4.69, 9.17) is 9.72 Å². The second kappa shape index (κ2) is 8.10. The maximum atomic E-state index is 9.60. The number of anilines is 3. The predicted octanol–water partition coefficient (Wildman–Crippen LogP) is 1.71. The number of nitrogens with zero attached hydrogens (tertiary/aromatic N) is 4. The van der Waals surface area contributed by atoms with E-state index in [0.29, 0.717) is 25.0 Å². The van der Waals surface area contributed by atoms with Gasteiger partial charge in [0.05, 0.1) is 18.4 Å². The van der Waals surface area contributed by atoms with Crippen LogP contribution >= 0.6 is 0 Å². The highest BCUT2D eigenvalue weighted by molar-refractivity contribution is 5.48. The van der Waals surface area contributed by atoms with Gasteiger partial charge in [0.15, 0.2) is 0 Å². The summed E-state index contributed by atoms with van der Waals surface area (Å²) in [5, 5.41) is 13.0. The molecular weight excluding hydrogens is 342 g/mol. The lowest BCUT2D eigenvalue weighted by Gasteiger charge is -2.36. The van der Waals surface area contributed by atoms with Gasteiger partial charge in [0.25, 0.3) is 0 Å². The minimum Gasteiger partial charge on any atom is -0.389 e. The molecule has 2 N–H and O–H groups in total. The third kappa shape index (κ3) is 4.31. The van der Waals surface area contributed by atoms with Gasteiger partial charge >= 0.3 is 0 Å². The summed E-state index contributed by atoms with van der Waals surface area (Å²) >= 11 is 0. The van der Waals surface area contributed by atoms with Gasteiger partial charge in [0.2, 0.25) is 5.95 Å². The van der Waals surface area contributed by atoms with Crippen LogP contribution in [0.2, 0.25) is 0 Å². The van der Waals surface area contributed by atoms with Crippen LogP contribution in [0.4, 0.5) is 17.5 Å². The van der Waals surface area contributed by atoms with Crippen molar-refractivity contribution in [3.8, 4) is 0 Å². The van der Waals surface area contributed by atoms with Crippen LogP contribution in [-0.4, -0.2) is 67.6 Å². The largest absolute Gasteiger partial charge is 0.389 e. The maximum absolute atomic E-state index is 9.60. The molecule has 0 bridgehead atoms. The van der Waals surface area contributed by atoms with E-state index in [-0.39, 0.29) is 6.10 Å². The molecule has 0 spiro atoms. The molecule has 0 saturated carbocycles. The van der Waals surface area contributed by atoms with Crippen LogP contribution in [0.3, 0.4) is 0 Å². The molecule has 2 fully saturated rings. The van der Waals surface area contributed by atoms with Crippen molar-refractivity contribution < 1.29 is 9.84 Å². The summed E-state index contributed by atoms with van der Waals surface area (Å²) in [6, 6.07) is 12.4. The van der Waals surface area contributed by atoms with Crippen molar-refractivity contribution in [1.29, 1.82) is 0 Å². The highest BCUT2D eigenvalue weighted by atomic mass is 16.5. The molecule has 0 radical (unpaired) electrons. The van der Waals surface area contributed by atoms with Gasteiger partial charge in [-0.3, -0.25) is 0 Å². The zero-order valence-electron chi connectivity index (χ0n) is 15.7. The Morgan fingerprint density at radius 1 is 1.26 bits per heavy atom. The van der Waals surface area contributed by atoms with Gasteiger partial charge in [-0.25, -0.2) is 4.98 Å². The average Bonchev–Trinajstić information content (AvgIpc) is 3.21. The number of likely N-dealkylation sites (N-methyl/N-ethyl adjacent to an activating group) is 1. The van der Waals surface area contributed by atoms with Crippen LogP contribution in [0.1, 0.15) is 18.0 Å². The summed E-state index contributed by atoms with van der Waals surface area (Å²) in [6.45, 7) is 4.35. The zero-order valence-corrected chi connectivity index (χ0v) is 15.7. The Morgan fingerprint density at radius 3 is 2.78 bits per heavy atom. The molecule has 7 nitrogen and oxygen atoms in total. The Labute approximate surface area is 160 Å². The number of β-amino-alcohol motifs (C(OH)–C–C–N with tert-alkyl or cyclic N) is 1. The van der Waals surface area contributed by atoms with Crippen molar-refractivity contribution in [2.75, 3.05) is 61.6 Å². The number of hydrogen-bond donors (Lipinski definition) is 2. The number of hydrogen-bond acceptors (Lipinski definition) is 7. The van der Waals surface area contributed by atoms with E-state index in [1.165, 1.54) is 5.69 Å². The SMILES string of the molecule is CN(CCNc1cc(C2CCOC2)nc(N2CC(O)C2)n1)c1ccccc1. The van der Waals surface area contributed by atoms with E-state index in [1.54, 1.807) is 0 Å². The van der Waals surface area contributed by atoms with Crippen molar-refractivity contribution in [2.45, 2.75) is 18.4 Å². The number of nitrogens with one attached hydrogen (secondary N) is 1. The van der Waals surface area contributed by atoms with Crippen molar-refractivity contribution >= 4 is 17.5 Å². The molecule has 3 heterocycles. The molecule has 0 aliphatic carbocycles. The highest BCUT2D eigenvalue weighted by Crippen LogP contribution is 2.28. The Bertz CT molecular complexity index is 745. The number of para-hydroxylation sites is 1. The summed E-state index contributed by atoms with van der Waals surface area (Å²) in [6.07, 6.45) is 0.720. The van der Waals surface area contributed by atoms with Gasteiger partial charge < -0.3 is 25.0 Å². The molecule has 1 aromatic carbocycles. The van der Waals surface area contributed by atoms with Gasteiger partial charge in [-0.2, -0.15) is 4.98 Å². The monoisotopic (exact) mass is 369 g/mol. The molecule has 27 heavy (non-hydrogen) atoms. The van der Waals surface area contributed by atoms with E-state index >= 15 is 0 Å². The molecule has 0 amide bonds. The minimum absolute atomic E-state index is 0.275. The topological polar surface area (TPSA) is 73.8 Å². The van der Waals surface area contributed by atoms with Crippen LogP contribution in [0.25, 0.3) is 0 Å². The predicted molar refractivity (Wildman–Crippen MR) is 107 cm³/mol. The molecular formula is C20H27N5O2. The number of aliphatic hydroxyl groups is 1. The lowest BCUT2D eigenvalue weighted by Crippen LogP contribution is -2.51. The van der Waals surface area contributed by atoms with E-state index in [9.17, 15) is 5.11 Å². The lowest BCUT2D eigenvalue weighted by molar-refractivity contribution is 0.140. The smallest absolute Gasteiger partial charge is 0.227 e. The first-order chi connectivity index (χ1) is 13.2. The molecule has 1 atom stereocenters. The Hall–Kier alpha value is -2.38. The van der Waals surface area contributed by atoms with E-state index < -0.39 is 0 Å². The third-order valence-electron chi connectivity index (χ3n) is 5.18. The van der Waals surface area contributed by atoms with E-state index in [2.05, 4.69) is 34.4 Å². The van der Waals surface area contributed by atoms with Gasteiger partial charge in [0.1, 0.15) is 5.82 Å². The second-order valence-corrected chi connectivity index (χ2v) is 7.28. The van der Waals surface area contributed by atoms with Gasteiger partial charge in [-0.15, -0.1) is 0 Å². The molecule has 2 saturated heterocycles. The Morgan fingerprint density at radius 2 is 2.07 bits per heavy atom. The van der Waals surface area contributed by atoms with Gasteiger partial charge in [-0.1, -0.05) is 18.2 Å². The summed E-state index contributed by atoms with van der Waals surface area (Å²) < 4.78 is 5.53. The third-order valence-corrected chi connectivity index (χ3v) is 5.18. The fraction of sp³-hybridized carbons (Fsp3) is 0.500. The van der Waals surface area contributed by atoms with Crippen molar-refractivity contribution in [1.82, 2.24) is 9.97 Å². The van der Waals surface area contributed by atoms with E-state index in [1.807, 2.05) is 29.2 Å². The molecule has 2 aliphatic heterocycles. The molecule has 7 heteroatoms. The van der Waals surface area contributed by atoms with Crippen molar-refractivity contribution in [3.63, 3.8) is 0 Å². The van der Waals surface area contributed by atoms with Gasteiger partial charge in [0, 0.05) is 57.5 Å². The van der Waals surface area contributed by atoms with Crippen molar-refractivity contribution in [3.05, 3.63) is 42.1 Å². The summed E-state index contributed by atoms with van der Waals surface area (Å²) in [7, 11) is 2.09. The lowest BCUT2D eigenvalue weighted by atomic mass is 10.0. The number of ether oxygens (including phenoxy) is 1. The molecule has 4 rings (SSSR count). The fourth-order valence-corrected chi connectivity index (χ4v) is 3.44. The maximum Gasteiger partial charge on any atom is 0.227 e. The molecule has 2 aliphatic rings.